The van der Waals surface area contributed by atoms with E-state index in [1.165, 1.54) is 6.42 Å². The number of likely N-dealkylation sites (N-methyl/N-ethyl adjacent to an activating group) is 1. The van der Waals surface area contributed by atoms with E-state index in [1.807, 2.05) is 42.4 Å². The van der Waals surface area contributed by atoms with Crippen LogP contribution in [0, 0.1) is 0 Å². The summed E-state index contributed by atoms with van der Waals surface area (Å²) in [7, 11) is 1.85. The average Bonchev–Trinajstić information content (AvgIpc) is 2.44. The third kappa shape index (κ3) is 1.91. The first-order valence-electron chi connectivity index (χ1n) is 6.52. The zero-order valence-corrected chi connectivity index (χ0v) is 10.6. The molecule has 2 aliphatic rings. The predicted octanol–water partition coefficient (Wildman–Crippen LogP) is 1.94. The molecule has 0 aromatic heterocycles. The van der Waals surface area contributed by atoms with Crippen LogP contribution in [0.3, 0.4) is 0 Å². The molecule has 4 heteroatoms. The van der Waals surface area contributed by atoms with Gasteiger partial charge in [-0.2, -0.15) is 5.01 Å². The monoisotopic (exact) mass is 246 g/mol. The Kier molecular flexibility index (Phi) is 3.06. The zero-order valence-electron chi connectivity index (χ0n) is 10.6. The Morgan fingerprint density at radius 2 is 2.00 bits per heavy atom. The van der Waals surface area contributed by atoms with Crippen molar-refractivity contribution >= 4 is 5.91 Å². The third-order valence-corrected chi connectivity index (χ3v) is 3.74. The predicted molar refractivity (Wildman–Crippen MR) is 67.4 cm³/mol. The summed E-state index contributed by atoms with van der Waals surface area (Å²) >= 11 is 0. The smallest absolute Gasteiger partial charge is 0.270 e. The quantitative estimate of drug-likeness (QED) is 0.759. The lowest BCUT2D eigenvalue weighted by atomic mass is 10.1. The number of nitrogens with zero attached hydrogens (tertiary/aromatic N) is 2. The van der Waals surface area contributed by atoms with Gasteiger partial charge >= 0.3 is 0 Å². The SMILES string of the molecule is CN1C(=O)[C@@H](c2ccccc2)O[C@H]2CCCCN21. The van der Waals surface area contributed by atoms with Crippen molar-refractivity contribution in [3.63, 3.8) is 0 Å². The molecule has 3 rings (SSSR count). The highest BCUT2D eigenvalue weighted by molar-refractivity contribution is 5.82. The molecule has 2 heterocycles. The topological polar surface area (TPSA) is 32.8 Å². The molecule has 0 spiro atoms. The van der Waals surface area contributed by atoms with Gasteiger partial charge in [-0.3, -0.25) is 9.80 Å². The van der Waals surface area contributed by atoms with Crippen molar-refractivity contribution in [2.75, 3.05) is 13.6 Å². The molecule has 1 amide bonds. The van der Waals surface area contributed by atoms with Gasteiger partial charge in [-0.25, -0.2) is 0 Å². The van der Waals surface area contributed by atoms with Gasteiger partial charge < -0.3 is 4.74 Å². The molecule has 0 saturated carbocycles. The van der Waals surface area contributed by atoms with E-state index in [9.17, 15) is 4.79 Å². The van der Waals surface area contributed by atoms with Crippen LogP contribution in [0.25, 0.3) is 0 Å². The Bertz CT molecular complexity index is 435. The largest absolute Gasteiger partial charge is 0.344 e. The summed E-state index contributed by atoms with van der Waals surface area (Å²) in [6.45, 7) is 0.911. The number of carbonyl (C=O) groups excluding carboxylic acids is 1. The molecule has 0 unspecified atom stereocenters. The van der Waals surface area contributed by atoms with Crippen molar-refractivity contribution in [2.24, 2.45) is 0 Å². The number of piperidine rings is 1. The molecule has 0 bridgehead atoms. The number of benzene rings is 1. The lowest BCUT2D eigenvalue weighted by Crippen LogP contribution is -2.59. The maximum absolute atomic E-state index is 12.3. The van der Waals surface area contributed by atoms with Crippen LogP contribution in [0.5, 0.6) is 0 Å². The summed E-state index contributed by atoms with van der Waals surface area (Å²) in [6, 6.07) is 9.75. The highest BCUT2D eigenvalue weighted by atomic mass is 16.5. The maximum atomic E-state index is 12.3. The van der Waals surface area contributed by atoms with Crippen molar-refractivity contribution in [2.45, 2.75) is 31.6 Å². The van der Waals surface area contributed by atoms with Crippen molar-refractivity contribution < 1.29 is 9.53 Å². The summed E-state index contributed by atoms with van der Waals surface area (Å²) in [5, 5.41) is 3.79. The van der Waals surface area contributed by atoms with Gasteiger partial charge in [-0.05, 0) is 24.8 Å². The first-order valence-corrected chi connectivity index (χ1v) is 6.52. The average molecular weight is 246 g/mol. The van der Waals surface area contributed by atoms with Gasteiger partial charge in [-0.15, -0.1) is 0 Å². The van der Waals surface area contributed by atoms with E-state index in [1.54, 1.807) is 5.01 Å². The van der Waals surface area contributed by atoms with E-state index in [-0.39, 0.29) is 12.1 Å². The van der Waals surface area contributed by atoms with Crippen LogP contribution < -0.4 is 0 Å². The molecule has 0 N–H and O–H groups in total. The third-order valence-electron chi connectivity index (χ3n) is 3.74. The zero-order chi connectivity index (χ0) is 12.5. The van der Waals surface area contributed by atoms with E-state index in [0.717, 1.165) is 24.9 Å². The fourth-order valence-electron chi connectivity index (χ4n) is 2.73. The Balaban J connectivity index is 1.86. The second-order valence-corrected chi connectivity index (χ2v) is 4.90. The number of amides is 1. The highest BCUT2D eigenvalue weighted by Crippen LogP contribution is 2.32. The number of hydrazine groups is 1. The lowest BCUT2D eigenvalue weighted by Gasteiger charge is -2.47. The number of carbonyl (C=O) groups is 1. The van der Waals surface area contributed by atoms with Gasteiger partial charge in [0.25, 0.3) is 5.91 Å². The Morgan fingerprint density at radius 1 is 1.22 bits per heavy atom. The molecule has 96 valence electrons. The fourth-order valence-corrected chi connectivity index (χ4v) is 2.73. The van der Waals surface area contributed by atoms with E-state index in [4.69, 9.17) is 4.74 Å². The molecule has 0 radical (unpaired) electrons. The highest BCUT2D eigenvalue weighted by Gasteiger charge is 2.40. The Morgan fingerprint density at radius 3 is 2.78 bits per heavy atom. The fraction of sp³-hybridized carbons (Fsp3) is 0.500. The minimum Gasteiger partial charge on any atom is -0.344 e. The van der Waals surface area contributed by atoms with Crippen LogP contribution >= 0.6 is 0 Å². The number of ether oxygens (including phenoxy) is 1. The lowest BCUT2D eigenvalue weighted by molar-refractivity contribution is -0.240. The van der Waals surface area contributed by atoms with Crippen molar-refractivity contribution in [3.8, 4) is 0 Å². The van der Waals surface area contributed by atoms with Crippen LogP contribution in [0.1, 0.15) is 30.9 Å². The second kappa shape index (κ2) is 4.71. The number of hydrogen-bond donors (Lipinski definition) is 0. The summed E-state index contributed by atoms with van der Waals surface area (Å²) in [4.78, 5) is 12.3. The summed E-state index contributed by atoms with van der Waals surface area (Å²) in [5.74, 6) is 0.0272. The van der Waals surface area contributed by atoms with Gasteiger partial charge in [0, 0.05) is 13.6 Å². The van der Waals surface area contributed by atoms with Gasteiger partial charge in [0.15, 0.2) is 6.10 Å². The molecule has 2 aliphatic heterocycles. The molecule has 2 atom stereocenters. The molecule has 18 heavy (non-hydrogen) atoms. The van der Waals surface area contributed by atoms with Crippen LogP contribution in [0.2, 0.25) is 0 Å². The normalized spacial score (nSPS) is 29.2. The second-order valence-electron chi connectivity index (χ2n) is 4.90. The first-order chi connectivity index (χ1) is 8.77. The number of rotatable bonds is 1. The van der Waals surface area contributed by atoms with Gasteiger partial charge in [0.1, 0.15) is 6.23 Å². The van der Waals surface area contributed by atoms with Crippen LogP contribution in [-0.4, -0.2) is 35.7 Å². The molecule has 1 aromatic rings. The molecular weight excluding hydrogens is 228 g/mol. The molecular formula is C14H18N2O2. The van der Waals surface area contributed by atoms with Gasteiger partial charge in [0.05, 0.1) is 0 Å². The number of fused-ring (bicyclic) bond motifs is 1. The van der Waals surface area contributed by atoms with Crippen molar-refractivity contribution in [1.82, 2.24) is 10.0 Å². The summed E-state index contributed by atoms with van der Waals surface area (Å²) < 4.78 is 5.99. The van der Waals surface area contributed by atoms with Crippen LogP contribution in [0.4, 0.5) is 0 Å². The first kappa shape index (κ1) is 11.7. The van der Waals surface area contributed by atoms with E-state index in [0.29, 0.717) is 0 Å². The Hall–Kier alpha value is -1.39. The van der Waals surface area contributed by atoms with E-state index >= 15 is 0 Å². The molecule has 2 saturated heterocycles. The minimum atomic E-state index is -0.449. The maximum Gasteiger partial charge on any atom is 0.270 e. The molecule has 0 aliphatic carbocycles. The van der Waals surface area contributed by atoms with Crippen molar-refractivity contribution in [1.29, 1.82) is 0 Å². The van der Waals surface area contributed by atoms with Crippen molar-refractivity contribution in [3.05, 3.63) is 35.9 Å². The van der Waals surface area contributed by atoms with Gasteiger partial charge in [-0.1, -0.05) is 30.3 Å². The summed E-state index contributed by atoms with van der Waals surface area (Å²) in [6.07, 6.45) is 2.90. The standard InChI is InChI=1S/C14H18N2O2/c1-15-14(17)13(11-7-3-2-4-8-11)18-12-9-5-6-10-16(12)15/h2-4,7-8,12-13H,5-6,9-10H2,1H3/t12-,13+/m0/s1. The number of hydrogen-bond acceptors (Lipinski definition) is 3. The molecule has 4 nitrogen and oxygen atoms in total. The molecule has 2 fully saturated rings. The van der Waals surface area contributed by atoms with E-state index in [2.05, 4.69) is 0 Å². The summed E-state index contributed by atoms with van der Waals surface area (Å²) in [5.41, 5.74) is 0.944. The van der Waals surface area contributed by atoms with Crippen LogP contribution in [0.15, 0.2) is 30.3 Å². The minimum absolute atomic E-state index is 0.0272. The van der Waals surface area contributed by atoms with Crippen LogP contribution in [-0.2, 0) is 9.53 Å². The molecule has 1 aromatic carbocycles. The van der Waals surface area contributed by atoms with Gasteiger partial charge in [0.2, 0.25) is 0 Å². The van der Waals surface area contributed by atoms with E-state index < -0.39 is 6.10 Å². The Labute approximate surface area is 107 Å².